The summed E-state index contributed by atoms with van der Waals surface area (Å²) in [6.45, 7) is 0. The van der Waals surface area contributed by atoms with Gasteiger partial charge in [-0.3, -0.25) is 0 Å². The standard InChI is InChI=1S/C48H30N2S/c1-2-13-33(14-3-1)50-43-20-10-8-17-38(43)42-29-34(25-27-44(42)50)49(35-24-26-40-39-18-9-11-21-46(39)51-47(40)30-35)45-28-32-23-22-31-12-4-5-15-36(31)48(32)41-19-7-6-16-37(41)45/h1-30H. The lowest BCUT2D eigenvalue weighted by Crippen LogP contribution is -2.10. The molecule has 2 aromatic heterocycles. The molecule has 11 rings (SSSR count). The molecule has 3 heteroatoms. The van der Waals surface area contributed by atoms with Crippen LogP contribution in [0.25, 0.3) is 80.0 Å². The molecule has 0 aliphatic carbocycles. The molecule has 0 fully saturated rings. The first-order valence-corrected chi connectivity index (χ1v) is 18.3. The van der Waals surface area contributed by atoms with Crippen molar-refractivity contribution in [3.05, 3.63) is 182 Å². The van der Waals surface area contributed by atoms with Gasteiger partial charge < -0.3 is 9.47 Å². The Labute approximate surface area is 298 Å². The van der Waals surface area contributed by atoms with E-state index < -0.39 is 0 Å². The summed E-state index contributed by atoms with van der Waals surface area (Å²) in [7, 11) is 0. The monoisotopic (exact) mass is 666 g/mol. The summed E-state index contributed by atoms with van der Waals surface area (Å²) in [5.74, 6) is 0. The second-order valence-corrected chi connectivity index (χ2v) is 14.4. The number of nitrogens with zero attached hydrogens (tertiary/aromatic N) is 2. The molecule has 2 heterocycles. The Hall–Kier alpha value is -6.42. The Morgan fingerprint density at radius 3 is 1.88 bits per heavy atom. The Morgan fingerprint density at radius 2 is 1.00 bits per heavy atom. The second kappa shape index (κ2) is 11.0. The Bertz CT molecular complexity index is 3150. The van der Waals surface area contributed by atoms with Crippen molar-refractivity contribution in [1.29, 1.82) is 0 Å². The van der Waals surface area contributed by atoms with Crippen LogP contribution in [0.4, 0.5) is 17.1 Å². The highest BCUT2D eigenvalue weighted by molar-refractivity contribution is 7.25. The van der Waals surface area contributed by atoms with Gasteiger partial charge >= 0.3 is 0 Å². The van der Waals surface area contributed by atoms with Crippen LogP contribution in [-0.2, 0) is 0 Å². The van der Waals surface area contributed by atoms with Gasteiger partial charge in [0.25, 0.3) is 0 Å². The zero-order valence-electron chi connectivity index (χ0n) is 27.6. The summed E-state index contributed by atoms with van der Waals surface area (Å²) >= 11 is 1.87. The molecule has 11 aromatic rings. The van der Waals surface area contributed by atoms with Crippen LogP contribution in [0.3, 0.4) is 0 Å². The molecule has 0 saturated heterocycles. The van der Waals surface area contributed by atoms with Crippen molar-refractivity contribution in [1.82, 2.24) is 4.57 Å². The number of aromatic nitrogens is 1. The summed E-state index contributed by atoms with van der Waals surface area (Å²) in [5, 5.41) is 12.7. The zero-order valence-corrected chi connectivity index (χ0v) is 28.4. The zero-order chi connectivity index (χ0) is 33.5. The van der Waals surface area contributed by atoms with Crippen molar-refractivity contribution >= 4 is 103 Å². The lowest BCUT2D eigenvalue weighted by atomic mass is 9.94. The van der Waals surface area contributed by atoms with Crippen molar-refractivity contribution in [2.75, 3.05) is 4.90 Å². The lowest BCUT2D eigenvalue weighted by Gasteiger charge is -2.28. The van der Waals surface area contributed by atoms with Gasteiger partial charge in [-0.15, -0.1) is 11.3 Å². The van der Waals surface area contributed by atoms with Crippen molar-refractivity contribution in [2.24, 2.45) is 0 Å². The van der Waals surface area contributed by atoms with Crippen LogP contribution in [-0.4, -0.2) is 4.57 Å². The molecule has 0 spiro atoms. The second-order valence-electron chi connectivity index (χ2n) is 13.3. The fraction of sp³-hybridized carbons (Fsp3) is 0. The quantitative estimate of drug-likeness (QED) is 0.170. The van der Waals surface area contributed by atoms with Crippen LogP contribution in [0.15, 0.2) is 182 Å². The summed E-state index contributed by atoms with van der Waals surface area (Å²) in [6, 6.07) is 66.8. The molecule has 238 valence electrons. The molecular weight excluding hydrogens is 637 g/mol. The van der Waals surface area contributed by atoms with Crippen LogP contribution < -0.4 is 4.90 Å². The molecule has 0 amide bonds. The Morgan fingerprint density at radius 1 is 0.373 bits per heavy atom. The first-order chi connectivity index (χ1) is 25.3. The molecule has 51 heavy (non-hydrogen) atoms. The predicted molar refractivity (Wildman–Crippen MR) is 221 cm³/mol. The highest BCUT2D eigenvalue weighted by Gasteiger charge is 2.21. The van der Waals surface area contributed by atoms with E-state index in [0.29, 0.717) is 0 Å². The Balaban J connectivity index is 1.23. The molecule has 0 saturated carbocycles. The molecule has 9 aromatic carbocycles. The molecule has 0 atom stereocenters. The van der Waals surface area contributed by atoms with Crippen molar-refractivity contribution in [2.45, 2.75) is 0 Å². The smallest absolute Gasteiger partial charge is 0.0546 e. The van der Waals surface area contributed by atoms with Crippen molar-refractivity contribution in [3.63, 3.8) is 0 Å². The maximum absolute atomic E-state index is 2.48. The first kappa shape index (κ1) is 28.4. The largest absolute Gasteiger partial charge is 0.310 e. The van der Waals surface area contributed by atoms with Crippen LogP contribution >= 0.6 is 11.3 Å². The van der Waals surface area contributed by atoms with E-state index in [9.17, 15) is 0 Å². The van der Waals surface area contributed by atoms with Gasteiger partial charge in [0.1, 0.15) is 0 Å². The molecule has 0 aliphatic heterocycles. The normalized spacial score (nSPS) is 11.9. The molecule has 0 unspecified atom stereocenters. The maximum atomic E-state index is 2.48. The average molecular weight is 667 g/mol. The van der Waals surface area contributed by atoms with Crippen LogP contribution in [0, 0.1) is 0 Å². The number of anilines is 3. The van der Waals surface area contributed by atoms with Gasteiger partial charge in [-0.25, -0.2) is 0 Å². The van der Waals surface area contributed by atoms with E-state index >= 15 is 0 Å². The summed E-state index contributed by atoms with van der Waals surface area (Å²) < 4.78 is 4.99. The number of rotatable bonds is 4. The van der Waals surface area contributed by atoms with Gasteiger partial charge in [-0.1, -0.05) is 121 Å². The molecule has 0 bridgehead atoms. The van der Waals surface area contributed by atoms with E-state index in [-0.39, 0.29) is 0 Å². The molecular formula is C48H30N2S. The van der Waals surface area contributed by atoms with Gasteiger partial charge in [0.2, 0.25) is 0 Å². The first-order valence-electron chi connectivity index (χ1n) is 17.4. The lowest BCUT2D eigenvalue weighted by molar-refractivity contribution is 1.18. The number of para-hydroxylation sites is 2. The van der Waals surface area contributed by atoms with E-state index in [0.717, 1.165) is 17.1 Å². The fourth-order valence-electron chi connectivity index (χ4n) is 8.28. The minimum Gasteiger partial charge on any atom is -0.310 e. The van der Waals surface area contributed by atoms with Crippen LogP contribution in [0.1, 0.15) is 0 Å². The van der Waals surface area contributed by atoms with E-state index in [1.54, 1.807) is 0 Å². The summed E-state index contributed by atoms with van der Waals surface area (Å²) in [6.07, 6.45) is 0. The van der Waals surface area contributed by atoms with E-state index in [1.165, 1.54) is 80.0 Å². The number of hydrogen-bond acceptors (Lipinski definition) is 2. The average Bonchev–Trinajstić information content (AvgIpc) is 3.73. The number of hydrogen-bond donors (Lipinski definition) is 0. The van der Waals surface area contributed by atoms with Gasteiger partial charge in [-0.2, -0.15) is 0 Å². The minimum atomic E-state index is 1.13. The SMILES string of the molecule is c1ccc(-n2c3ccccc3c3cc(N(c4ccc5c(c4)sc4ccccc45)c4cc5ccc6ccccc6c5c5ccccc45)ccc32)cc1. The third-order valence-electron chi connectivity index (χ3n) is 10.5. The molecule has 2 nitrogen and oxygen atoms in total. The van der Waals surface area contributed by atoms with Gasteiger partial charge in [0.15, 0.2) is 0 Å². The highest BCUT2D eigenvalue weighted by atomic mass is 32.1. The van der Waals surface area contributed by atoms with Gasteiger partial charge in [-0.05, 0) is 87.6 Å². The predicted octanol–water partition coefficient (Wildman–Crippen LogP) is 14.1. The summed E-state index contributed by atoms with van der Waals surface area (Å²) in [5.41, 5.74) is 7.00. The highest BCUT2D eigenvalue weighted by Crippen LogP contribution is 2.46. The molecule has 0 aliphatic rings. The van der Waals surface area contributed by atoms with Crippen LogP contribution in [0.2, 0.25) is 0 Å². The van der Waals surface area contributed by atoms with E-state index in [4.69, 9.17) is 0 Å². The molecule has 0 N–H and O–H groups in total. The van der Waals surface area contributed by atoms with Gasteiger partial charge in [0, 0.05) is 53.4 Å². The fourth-order valence-corrected chi connectivity index (χ4v) is 9.42. The number of thiophene rings is 1. The van der Waals surface area contributed by atoms with Gasteiger partial charge in [0.05, 0.1) is 16.7 Å². The van der Waals surface area contributed by atoms with Crippen LogP contribution in [0.5, 0.6) is 0 Å². The third-order valence-corrected chi connectivity index (χ3v) is 11.6. The topological polar surface area (TPSA) is 8.17 Å². The van der Waals surface area contributed by atoms with E-state index in [2.05, 4.69) is 191 Å². The maximum Gasteiger partial charge on any atom is 0.0546 e. The summed E-state index contributed by atoms with van der Waals surface area (Å²) in [4.78, 5) is 2.48. The minimum absolute atomic E-state index is 1.13. The number of benzene rings is 9. The molecule has 0 radical (unpaired) electrons. The van der Waals surface area contributed by atoms with Crippen molar-refractivity contribution in [3.8, 4) is 5.69 Å². The van der Waals surface area contributed by atoms with E-state index in [1.807, 2.05) is 11.3 Å². The third kappa shape index (κ3) is 4.29. The number of fused-ring (bicyclic) bond motifs is 11. The van der Waals surface area contributed by atoms with Crippen molar-refractivity contribution < 1.29 is 0 Å². The Kier molecular flexibility index (Phi) is 6.16.